The van der Waals surface area contributed by atoms with Crippen LogP contribution in [0.4, 0.5) is 0 Å². The van der Waals surface area contributed by atoms with Crippen LogP contribution in [0.5, 0.6) is 0 Å². The molecule has 1 aliphatic rings. The molecule has 2 aromatic heterocycles. The highest BCUT2D eigenvalue weighted by Gasteiger charge is 2.18. The van der Waals surface area contributed by atoms with E-state index in [0.29, 0.717) is 17.8 Å². The Bertz CT molecular complexity index is 1170. The minimum absolute atomic E-state index is 0.320. The monoisotopic (exact) mass is 373 g/mol. The molecular weight excluding hydrogens is 350 g/mol. The lowest BCUT2D eigenvalue weighted by Crippen LogP contribution is -2.24. The van der Waals surface area contributed by atoms with Gasteiger partial charge in [0.1, 0.15) is 0 Å². The van der Waals surface area contributed by atoms with E-state index in [1.165, 1.54) is 16.7 Å². The number of nitrogens with zero attached hydrogens (tertiary/aromatic N) is 4. The lowest BCUT2D eigenvalue weighted by molar-refractivity contribution is 0.432. The standard InChI is InChI=1S/C22H23N5O/c1-13(2)27-20-7-5-15(10-17(20)12-24-27)22-25-21(26-28-22)19-6-4-16-11-23-9-8-18(16)14(19)3/h4-7,10,12-13,23H,8-9,11H2,1-3H3. The summed E-state index contributed by atoms with van der Waals surface area (Å²) >= 11 is 0. The summed E-state index contributed by atoms with van der Waals surface area (Å²) in [6, 6.07) is 10.7. The van der Waals surface area contributed by atoms with Crippen LogP contribution in [0.3, 0.4) is 0 Å². The van der Waals surface area contributed by atoms with Crippen molar-refractivity contribution in [3.05, 3.63) is 53.2 Å². The maximum absolute atomic E-state index is 5.61. The van der Waals surface area contributed by atoms with Crippen LogP contribution in [0.25, 0.3) is 33.7 Å². The van der Waals surface area contributed by atoms with Crippen LogP contribution in [-0.2, 0) is 13.0 Å². The summed E-state index contributed by atoms with van der Waals surface area (Å²) < 4.78 is 7.62. The number of fused-ring (bicyclic) bond motifs is 2. The second kappa shape index (κ2) is 6.56. The second-order valence-electron chi connectivity index (χ2n) is 7.68. The summed E-state index contributed by atoms with van der Waals surface area (Å²) in [7, 11) is 0. The fourth-order valence-corrected chi connectivity index (χ4v) is 4.05. The zero-order chi connectivity index (χ0) is 19.3. The normalized spacial score (nSPS) is 14.0. The number of nitrogens with one attached hydrogen (secondary N) is 1. The molecule has 0 bridgehead atoms. The van der Waals surface area contributed by atoms with Gasteiger partial charge in [0.2, 0.25) is 5.82 Å². The Hall–Kier alpha value is -2.99. The molecule has 142 valence electrons. The van der Waals surface area contributed by atoms with Crippen molar-refractivity contribution in [2.45, 2.75) is 39.8 Å². The molecule has 0 amide bonds. The molecular formula is C22H23N5O. The van der Waals surface area contributed by atoms with Gasteiger partial charge in [0.15, 0.2) is 0 Å². The number of benzene rings is 2. The molecule has 4 aromatic rings. The van der Waals surface area contributed by atoms with Crippen molar-refractivity contribution in [2.75, 3.05) is 6.54 Å². The molecule has 0 unspecified atom stereocenters. The molecule has 1 N–H and O–H groups in total. The number of hydrogen-bond donors (Lipinski definition) is 1. The average molecular weight is 373 g/mol. The Balaban J connectivity index is 1.52. The first-order chi connectivity index (χ1) is 13.6. The van der Waals surface area contributed by atoms with E-state index in [-0.39, 0.29) is 0 Å². The Morgan fingerprint density at radius 1 is 1.18 bits per heavy atom. The van der Waals surface area contributed by atoms with E-state index in [2.05, 4.69) is 65.6 Å². The molecule has 0 radical (unpaired) electrons. The summed E-state index contributed by atoms with van der Waals surface area (Å²) in [5, 5.41) is 13.2. The predicted molar refractivity (Wildman–Crippen MR) is 109 cm³/mol. The van der Waals surface area contributed by atoms with Gasteiger partial charge in [-0.3, -0.25) is 4.68 Å². The fourth-order valence-electron chi connectivity index (χ4n) is 4.05. The third-order valence-electron chi connectivity index (χ3n) is 5.56. The van der Waals surface area contributed by atoms with Crippen molar-refractivity contribution in [3.8, 4) is 22.8 Å². The number of hydrogen-bond acceptors (Lipinski definition) is 5. The molecule has 0 aliphatic carbocycles. The minimum atomic E-state index is 0.320. The van der Waals surface area contributed by atoms with Crippen molar-refractivity contribution in [1.82, 2.24) is 25.2 Å². The zero-order valence-corrected chi connectivity index (χ0v) is 16.4. The molecule has 5 rings (SSSR count). The molecule has 6 nitrogen and oxygen atoms in total. The van der Waals surface area contributed by atoms with Crippen molar-refractivity contribution in [3.63, 3.8) is 0 Å². The van der Waals surface area contributed by atoms with Gasteiger partial charge < -0.3 is 9.84 Å². The molecule has 28 heavy (non-hydrogen) atoms. The maximum Gasteiger partial charge on any atom is 0.258 e. The van der Waals surface area contributed by atoms with Gasteiger partial charge in [-0.15, -0.1) is 0 Å². The van der Waals surface area contributed by atoms with Gasteiger partial charge in [0.25, 0.3) is 5.89 Å². The van der Waals surface area contributed by atoms with Crippen LogP contribution < -0.4 is 5.32 Å². The predicted octanol–water partition coefficient (Wildman–Crippen LogP) is 4.29. The Morgan fingerprint density at radius 3 is 2.93 bits per heavy atom. The highest BCUT2D eigenvalue weighted by molar-refractivity contribution is 5.83. The molecule has 2 aromatic carbocycles. The van der Waals surface area contributed by atoms with E-state index in [9.17, 15) is 0 Å². The first-order valence-corrected chi connectivity index (χ1v) is 9.75. The summed E-state index contributed by atoms with van der Waals surface area (Å²) in [5.41, 5.74) is 7.09. The maximum atomic E-state index is 5.61. The SMILES string of the molecule is Cc1c(-c2noc(-c3ccc4c(cnn4C(C)C)c3)n2)ccc2c1CCNC2. The van der Waals surface area contributed by atoms with Crippen LogP contribution in [0.15, 0.2) is 41.1 Å². The topological polar surface area (TPSA) is 68.8 Å². The molecule has 0 atom stereocenters. The summed E-state index contributed by atoms with van der Waals surface area (Å²) in [5.74, 6) is 1.18. The van der Waals surface area contributed by atoms with Gasteiger partial charge in [0.05, 0.1) is 11.7 Å². The third kappa shape index (κ3) is 2.72. The molecule has 1 aliphatic heterocycles. The van der Waals surface area contributed by atoms with Gasteiger partial charge in [-0.25, -0.2) is 0 Å². The van der Waals surface area contributed by atoms with E-state index >= 15 is 0 Å². The van der Waals surface area contributed by atoms with Crippen LogP contribution in [0.1, 0.15) is 36.6 Å². The van der Waals surface area contributed by atoms with Crippen molar-refractivity contribution in [1.29, 1.82) is 0 Å². The van der Waals surface area contributed by atoms with Gasteiger partial charge in [0, 0.05) is 29.1 Å². The summed E-state index contributed by atoms with van der Waals surface area (Å²) in [4.78, 5) is 4.69. The highest BCUT2D eigenvalue weighted by Crippen LogP contribution is 2.30. The van der Waals surface area contributed by atoms with Crippen molar-refractivity contribution in [2.24, 2.45) is 0 Å². The largest absolute Gasteiger partial charge is 0.334 e. The van der Waals surface area contributed by atoms with Crippen LogP contribution in [-0.4, -0.2) is 26.5 Å². The van der Waals surface area contributed by atoms with E-state index < -0.39 is 0 Å². The Labute approximate surface area is 163 Å². The smallest absolute Gasteiger partial charge is 0.258 e. The average Bonchev–Trinajstić information content (AvgIpc) is 3.35. The minimum Gasteiger partial charge on any atom is -0.334 e. The summed E-state index contributed by atoms with van der Waals surface area (Å²) in [6.07, 6.45) is 2.92. The van der Waals surface area contributed by atoms with Gasteiger partial charge in [-0.05, 0) is 68.6 Å². The fraction of sp³-hybridized carbons (Fsp3) is 0.318. The van der Waals surface area contributed by atoms with E-state index in [1.807, 2.05) is 16.9 Å². The second-order valence-corrected chi connectivity index (χ2v) is 7.68. The number of aromatic nitrogens is 4. The Kier molecular flexibility index (Phi) is 4.02. The van der Waals surface area contributed by atoms with E-state index in [0.717, 1.165) is 41.5 Å². The Morgan fingerprint density at radius 2 is 2.07 bits per heavy atom. The lowest BCUT2D eigenvalue weighted by atomic mass is 9.92. The van der Waals surface area contributed by atoms with Crippen LogP contribution in [0.2, 0.25) is 0 Å². The molecule has 3 heterocycles. The molecule has 0 spiro atoms. The number of rotatable bonds is 3. The van der Waals surface area contributed by atoms with E-state index in [4.69, 9.17) is 4.52 Å². The van der Waals surface area contributed by atoms with Gasteiger partial charge in [-0.1, -0.05) is 17.3 Å². The molecule has 0 saturated carbocycles. The van der Waals surface area contributed by atoms with E-state index in [1.54, 1.807) is 0 Å². The summed E-state index contributed by atoms with van der Waals surface area (Å²) in [6.45, 7) is 8.35. The van der Waals surface area contributed by atoms with Crippen LogP contribution in [0, 0.1) is 6.92 Å². The highest BCUT2D eigenvalue weighted by atomic mass is 16.5. The first kappa shape index (κ1) is 17.1. The lowest BCUT2D eigenvalue weighted by Gasteiger charge is -2.20. The molecule has 6 heteroatoms. The first-order valence-electron chi connectivity index (χ1n) is 9.75. The van der Waals surface area contributed by atoms with Gasteiger partial charge >= 0.3 is 0 Å². The van der Waals surface area contributed by atoms with Crippen LogP contribution >= 0.6 is 0 Å². The van der Waals surface area contributed by atoms with Gasteiger partial charge in [-0.2, -0.15) is 10.1 Å². The zero-order valence-electron chi connectivity index (χ0n) is 16.4. The third-order valence-corrected chi connectivity index (χ3v) is 5.56. The quantitative estimate of drug-likeness (QED) is 0.580. The molecule has 0 fully saturated rings. The van der Waals surface area contributed by atoms with Crippen molar-refractivity contribution >= 4 is 10.9 Å². The van der Waals surface area contributed by atoms with Crippen molar-refractivity contribution < 1.29 is 4.52 Å². The molecule has 0 saturated heterocycles.